The molecule has 0 aliphatic heterocycles. The molecule has 0 unspecified atom stereocenters. The number of benzene rings is 2. The maximum absolute atomic E-state index is 13.3. The lowest BCUT2D eigenvalue weighted by molar-refractivity contribution is -0.255. The van der Waals surface area contributed by atoms with Gasteiger partial charge in [0.15, 0.2) is 0 Å². The van der Waals surface area contributed by atoms with Crippen molar-refractivity contribution < 1.29 is 22.7 Å². The zero-order valence-electron chi connectivity index (χ0n) is 11.9. The largest absolute Gasteiger partial charge is 0.545 e. The molecular formula is C15H13FNO4S-. The van der Waals surface area contributed by atoms with Crippen molar-refractivity contribution in [2.24, 2.45) is 0 Å². The molecule has 1 N–H and O–H groups in total. The predicted molar refractivity (Wildman–Crippen MR) is 77.5 cm³/mol. The Balaban J connectivity index is 2.40. The van der Waals surface area contributed by atoms with Gasteiger partial charge >= 0.3 is 0 Å². The zero-order chi connectivity index (χ0) is 16.5. The predicted octanol–water partition coefficient (Wildman–Crippen LogP) is 1.61. The van der Waals surface area contributed by atoms with Crippen LogP contribution in [0.5, 0.6) is 0 Å². The molecule has 0 aromatic heterocycles. The SMILES string of the molecule is Cc1ccc(NS(=O)(=O)c2ccc(F)c(C(=O)[O-])c2)cc1C. The number of sulfonamides is 1. The third kappa shape index (κ3) is 3.25. The number of nitrogens with one attached hydrogen (secondary N) is 1. The number of carboxylic acids is 1. The number of rotatable bonds is 4. The minimum Gasteiger partial charge on any atom is -0.545 e. The first kappa shape index (κ1) is 16.0. The Kier molecular flexibility index (Phi) is 4.18. The van der Waals surface area contributed by atoms with E-state index in [0.717, 1.165) is 29.3 Å². The van der Waals surface area contributed by atoms with Crippen LogP contribution in [0.4, 0.5) is 10.1 Å². The molecule has 0 saturated heterocycles. The second-order valence-electron chi connectivity index (χ2n) is 4.83. The normalized spacial score (nSPS) is 11.2. The number of hydrogen-bond donors (Lipinski definition) is 1. The average molecular weight is 322 g/mol. The number of carbonyl (C=O) groups is 1. The number of aromatic carboxylic acids is 1. The average Bonchev–Trinajstić information content (AvgIpc) is 2.42. The van der Waals surface area contributed by atoms with Crippen LogP contribution < -0.4 is 9.83 Å². The Morgan fingerprint density at radius 3 is 2.36 bits per heavy atom. The van der Waals surface area contributed by atoms with Crippen molar-refractivity contribution in [2.45, 2.75) is 18.7 Å². The highest BCUT2D eigenvalue weighted by Crippen LogP contribution is 2.20. The van der Waals surface area contributed by atoms with Gasteiger partial charge in [-0.3, -0.25) is 4.72 Å². The molecule has 0 radical (unpaired) electrons. The molecule has 2 rings (SSSR count). The lowest BCUT2D eigenvalue weighted by Crippen LogP contribution is -2.24. The molecule has 2 aromatic rings. The highest BCUT2D eigenvalue weighted by molar-refractivity contribution is 7.92. The number of hydrogen-bond acceptors (Lipinski definition) is 4. The van der Waals surface area contributed by atoms with Crippen LogP contribution in [0.25, 0.3) is 0 Å². The first-order valence-electron chi connectivity index (χ1n) is 6.31. The van der Waals surface area contributed by atoms with Gasteiger partial charge in [0, 0.05) is 11.3 Å². The quantitative estimate of drug-likeness (QED) is 0.926. The van der Waals surface area contributed by atoms with Crippen molar-refractivity contribution in [2.75, 3.05) is 4.72 Å². The molecular weight excluding hydrogens is 309 g/mol. The van der Waals surface area contributed by atoms with Crippen LogP contribution in [-0.4, -0.2) is 14.4 Å². The highest BCUT2D eigenvalue weighted by atomic mass is 32.2. The second kappa shape index (κ2) is 5.76. The van der Waals surface area contributed by atoms with Gasteiger partial charge in [0.2, 0.25) is 0 Å². The fourth-order valence-corrected chi connectivity index (χ4v) is 2.92. The van der Waals surface area contributed by atoms with E-state index in [9.17, 15) is 22.7 Å². The summed E-state index contributed by atoms with van der Waals surface area (Å²) in [7, 11) is -4.02. The van der Waals surface area contributed by atoms with Crippen LogP contribution in [0.1, 0.15) is 21.5 Å². The smallest absolute Gasteiger partial charge is 0.261 e. The monoisotopic (exact) mass is 322 g/mol. The summed E-state index contributed by atoms with van der Waals surface area (Å²) in [5.74, 6) is -2.83. The highest BCUT2D eigenvalue weighted by Gasteiger charge is 2.17. The van der Waals surface area contributed by atoms with E-state index in [1.54, 1.807) is 18.2 Å². The molecule has 0 saturated carbocycles. The molecule has 22 heavy (non-hydrogen) atoms. The van der Waals surface area contributed by atoms with E-state index < -0.39 is 27.4 Å². The number of halogens is 1. The molecule has 0 amide bonds. The van der Waals surface area contributed by atoms with E-state index in [4.69, 9.17) is 0 Å². The van der Waals surface area contributed by atoms with Gasteiger partial charge in [0.05, 0.1) is 10.9 Å². The Hall–Kier alpha value is -2.41. The van der Waals surface area contributed by atoms with Crippen molar-refractivity contribution in [3.8, 4) is 0 Å². The van der Waals surface area contributed by atoms with Gasteiger partial charge < -0.3 is 9.90 Å². The molecule has 5 nitrogen and oxygen atoms in total. The molecule has 2 aromatic carbocycles. The van der Waals surface area contributed by atoms with Gasteiger partial charge in [-0.2, -0.15) is 0 Å². The fraction of sp³-hybridized carbons (Fsp3) is 0.133. The maximum Gasteiger partial charge on any atom is 0.261 e. The molecule has 0 atom stereocenters. The van der Waals surface area contributed by atoms with E-state index >= 15 is 0 Å². The summed E-state index contributed by atoms with van der Waals surface area (Å²) in [6, 6.07) is 7.49. The molecule has 0 aliphatic rings. The third-order valence-corrected chi connectivity index (χ3v) is 4.61. The molecule has 0 spiro atoms. The lowest BCUT2D eigenvalue weighted by atomic mass is 10.1. The van der Waals surface area contributed by atoms with Crippen LogP contribution in [-0.2, 0) is 10.0 Å². The van der Waals surface area contributed by atoms with Gasteiger partial charge in [0.1, 0.15) is 5.82 Å². The fourth-order valence-electron chi connectivity index (χ4n) is 1.85. The standard InChI is InChI=1S/C15H14FNO4S/c1-9-3-4-11(7-10(9)2)17-22(20,21)12-5-6-14(16)13(8-12)15(18)19/h3-8,17H,1-2H3,(H,18,19)/p-1. The number of anilines is 1. The van der Waals surface area contributed by atoms with Crippen molar-refractivity contribution >= 4 is 21.7 Å². The Labute approximate surface area is 127 Å². The summed E-state index contributed by atoms with van der Waals surface area (Å²) < 4.78 is 40.1. The lowest BCUT2D eigenvalue weighted by Gasteiger charge is -2.11. The molecule has 0 heterocycles. The van der Waals surface area contributed by atoms with Gasteiger partial charge in [-0.1, -0.05) is 6.07 Å². The summed E-state index contributed by atoms with van der Waals surface area (Å²) in [5, 5.41) is 10.8. The van der Waals surface area contributed by atoms with Gasteiger partial charge in [-0.05, 0) is 55.3 Å². The zero-order valence-corrected chi connectivity index (χ0v) is 12.7. The summed E-state index contributed by atoms with van der Waals surface area (Å²) in [6.07, 6.45) is 0. The van der Waals surface area contributed by atoms with Gasteiger partial charge in [-0.25, -0.2) is 12.8 Å². The number of carbonyl (C=O) groups excluding carboxylic acids is 1. The summed E-state index contributed by atoms with van der Waals surface area (Å²) >= 11 is 0. The van der Waals surface area contributed by atoms with E-state index in [1.165, 1.54) is 0 Å². The van der Waals surface area contributed by atoms with Crippen LogP contribution >= 0.6 is 0 Å². The first-order chi connectivity index (χ1) is 10.2. The van der Waals surface area contributed by atoms with E-state index in [1.807, 2.05) is 13.8 Å². The van der Waals surface area contributed by atoms with Crippen LogP contribution in [0, 0.1) is 19.7 Å². The number of carboxylic acid groups (broad SMARTS) is 1. The minimum atomic E-state index is -4.02. The maximum atomic E-state index is 13.3. The van der Waals surface area contributed by atoms with Crippen molar-refractivity contribution in [1.29, 1.82) is 0 Å². The topological polar surface area (TPSA) is 86.3 Å². The minimum absolute atomic E-state index is 0.336. The Bertz CT molecular complexity index is 847. The molecule has 0 fully saturated rings. The second-order valence-corrected chi connectivity index (χ2v) is 6.52. The van der Waals surface area contributed by atoms with Gasteiger partial charge in [0.25, 0.3) is 10.0 Å². The molecule has 0 bridgehead atoms. The van der Waals surface area contributed by atoms with E-state index in [-0.39, 0.29) is 4.90 Å². The molecule has 116 valence electrons. The van der Waals surface area contributed by atoms with Crippen molar-refractivity contribution in [3.05, 3.63) is 58.9 Å². The summed E-state index contributed by atoms with van der Waals surface area (Å²) in [4.78, 5) is 10.4. The van der Waals surface area contributed by atoms with E-state index in [2.05, 4.69) is 4.72 Å². The summed E-state index contributed by atoms with van der Waals surface area (Å²) in [6.45, 7) is 3.72. The van der Waals surface area contributed by atoms with Crippen LogP contribution in [0.3, 0.4) is 0 Å². The summed E-state index contributed by atoms with van der Waals surface area (Å²) in [5.41, 5.74) is 1.43. The Morgan fingerprint density at radius 2 is 1.77 bits per heavy atom. The van der Waals surface area contributed by atoms with Gasteiger partial charge in [-0.15, -0.1) is 0 Å². The van der Waals surface area contributed by atoms with Crippen LogP contribution in [0.2, 0.25) is 0 Å². The first-order valence-corrected chi connectivity index (χ1v) is 7.80. The van der Waals surface area contributed by atoms with Crippen molar-refractivity contribution in [3.63, 3.8) is 0 Å². The van der Waals surface area contributed by atoms with Crippen LogP contribution in [0.15, 0.2) is 41.3 Å². The van der Waals surface area contributed by atoms with Crippen molar-refractivity contribution in [1.82, 2.24) is 0 Å². The molecule has 0 aliphatic carbocycles. The molecule has 7 heteroatoms. The number of aryl methyl sites for hydroxylation is 2. The van der Waals surface area contributed by atoms with E-state index in [0.29, 0.717) is 5.69 Å². The third-order valence-electron chi connectivity index (χ3n) is 3.23. The Morgan fingerprint density at radius 1 is 1.09 bits per heavy atom.